The number of aryl methyl sites for hydroxylation is 1. The first-order chi connectivity index (χ1) is 10.7. The van der Waals surface area contributed by atoms with E-state index >= 15 is 0 Å². The monoisotopic (exact) mass is 306 g/mol. The zero-order chi connectivity index (χ0) is 15.4. The molecule has 0 spiro atoms. The average molecular weight is 306 g/mol. The molecule has 1 saturated heterocycles. The topological polar surface area (TPSA) is 75.9 Å². The molecule has 122 valence electrons. The standard InChI is InChI=1S/C15H26N6O/c1-20-18-14(17-19-20)11-21-9-7-13(8-10-21)16-15(22)12-5-3-2-4-6-12/h12-13H,2-11H2,1H3,(H,16,22). The third-order valence-corrected chi connectivity index (χ3v) is 4.82. The maximum atomic E-state index is 12.3. The molecular formula is C15H26N6O. The molecule has 1 aliphatic carbocycles. The number of tetrazole rings is 1. The van der Waals surface area contributed by atoms with Crippen LogP contribution in [0.1, 0.15) is 50.8 Å². The van der Waals surface area contributed by atoms with Gasteiger partial charge in [0.15, 0.2) is 5.82 Å². The van der Waals surface area contributed by atoms with Crippen molar-refractivity contribution in [2.45, 2.75) is 57.5 Å². The second-order valence-electron chi connectivity index (χ2n) is 6.59. The predicted octanol–water partition coefficient (Wildman–Crippen LogP) is 0.871. The number of amides is 1. The van der Waals surface area contributed by atoms with Gasteiger partial charge >= 0.3 is 0 Å². The van der Waals surface area contributed by atoms with Crippen LogP contribution in [0.15, 0.2) is 0 Å². The molecule has 3 rings (SSSR count). The van der Waals surface area contributed by atoms with Crippen molar-refractivity contribution in [3.8, 4) is 0 Å². The van der Waals surface area contributed by atoms with Crippen molar-refractivity contribution in [1.29, 1.82) is 0 Å². The van der Waals surface area contributed by atoms with Gasteiger partial charge in [-0.2, -0.15) is 4.80 Å². The van der Waals surface area contributed by atoms with Gasteiger partial charge in [0.05, 0.1) is 13.6 Å². The molecule has 1 amide bonds. The van der Waals surface area contributed by atoms with Crippen molar-refractivity contribution < 1.29 is 4.79 Å². The number of carbonyl (C=O) groups is 1. The van der Waals surface area contributed by atoms with E-state index in [0.29, 0.717) is 6.04 Å². The Morgan fingerprint density at radius 1 is 1.18 bits per heavy atom. The fraction of sp³-hybridized carbons (Fsp3) is 0.867. The number of nitrogens with zero attached hydrogens (tertiary/aromatic N) is 5. The Hall–Kier alpha value is -1.50. The van der Waals surface area contributed by atoms with Gasteiger partial charge in [0.2, 0.25) is 5.91 Å². The third-order valence-electron chi connectivity index (χ3n) is 4.82. The van der Waals surface area contributed by atoms with Crippen LogP contribution in [0.4, 0.5) is 0 Å². The molecule has 0 atom stereocenters. The lowest BCUT2D eigenvalue weighted by Crippen LogP contribution is -2.46. The number of rotatable bonds is 4. The molecule has 7 nitrogen and oxygen atoms in total. The molecule has 0 radical (unpaired) electrons. The van der Waals surface area contributed by atoms with E-state index in [1.165, 1.54) is 24.1 Å². The number of piperidine rings is 1. The molecule has 1 aromatic heterocycles. The first-order valence-electron chi connectivity index (χ1n) is 8.46. The molecule has 1 aliphatic heterocycles. The summed E-state index contributed by atoms with van der Waals surface area (Å²) in [4.78, 5) is 16.1. The quantitative estimate of drug-likeness (QED) is 0.893. The van der Waals surface area contributed by atoms with Crippen LogP contribution in [0.3, 0.4) is 0 Å². The summed E-state index contributed by atoms with van der Waals surface area (Å²) in [5, 5.41) is 15.4. The van der Waals surface area contributed by atoms with Crippen molar-refractivity contribution >= 4 is 5.91 Å². The second kappa shape index (κ2) is 7.17. The van der Waals surface area contributed by atoms with Gasteiger partial charge in [-0.3, -0.25) is 9.69 Å². The summed E-state index contributed by atoms with van der Waals surface area (Å²) in [6.07, 6.45) is 7.88. The zero-order valence-corrected chi connectivity index (χ0v) is 13.4. The molecule has 2 fully saturated rings. The lowest BCUT2D eigenvalue weighted by atomic mass is 9.88. The van der Waals surface area contributed by atoms with E-state index in [-0.39, 0.29) is 11.8 Å². The molecule has 2 aliphatic rings. The summed E-state index contributed by atoms with van der Waals surface area (Å²) in [6, 6.07) is 0.334. The van der Waals surface area contributed by atoms with Crippen molar-refractivity contribution in [2.24, 2.45) is 13.0 Å². The third kappa shape index (κ3) is 4.03. The summed E-state index contributed by atoms with van der Waals surface area (Å²) in [7, 11) is 1.78. The largest absolute Gasteiger partial charge is 0.353 e. The molecule has 0 aromatic carbocycles. The minimum atomic E-state index is 0.260. The Morgan fingerprint density at radius 2 is 1.91 bits per heavy atom. The smallest absolute Gasteiger partial charge is 0.223 e. The van der Waals surface area contributed by atoms with Crippen LogP contribution in [0.25, 0.3) is 0 Å². The highest BCUT2D eigenvalue weighted by Crippen LogP contribution is 2.24. The molecule has 1 aromatic rings. The molecule has 7 heteroatoms. The Bertz CT molecular complexity index is 488. The molecule has 1 saturated carbocycles. The molecular weight excluding hydrogens is 280 g/mol. The van der Waals surface area contributed by atoms with Crippen molar-refractivity contribution in [1.82, 2.24) is 30.4 Å². The van der Waals surface area contributed by atoms with Gasteiger partial charge in [-0.25, -0.2) is 0 Å². The van der Waals surface area contributed by atoms with E-state index in [1.54, 1.807) is 7.05 Å². The van der Waals surface area contributed by atoms with Crippen LogP contribution < -0.4 is 5.32 Å². The first-order valence-corrected chi connectivity index (χ1v) is 8.46. The van der Waals surface area contributed by atoms with Crippen molar-refractivity contribution in [3.05, 3.63) is 5.82 Å². The number of aromatic nitrogens is 4. The second-order valence-corrected chi connectivity index (χ2v) is 6.59. The maximum absolute atomic E-state index is 12.3. The van der Waals surface area contributed by atoms with E-state index < -0.39 is 0 Å². The lowest BCUT2D eigenvalue weighted by Gasteiger charge is -2.32. The van der Waals surface area contributed by atoms with Crippen molar-refractivity contribution in [2.75, 3.05) is 13.1 Å². The number of carbonyl (C=O) groups excluding carboxylic acids is 1. The first kappa shape index (κ1) is 15.4. The fourth-order valence-electron chi connectivity index (χ4n) is 3.51. The number of nitrogens with one attached hydrogen (secondary N) is 1. The van der Waals surface area contributed by atoms with Gasteiger partial charge in [0.25, 0.3) is 0 Å². The Balaban J connectivity index is 1.40. The highest BCUT2D eigenvalue weighted by Gasteiger charge is 2.26. The normalized spacial score (nSPS) is 21.9. The van der Waals surface area contributed by atoms with Crippen LogP contribution >= 0.6 is 0 Å². The van der Waals surface area contributed by atoms with Gasteiger partial charge in [0.1, 0.15) is 0 Å². The number of likely N-dealkylation sites (tertiary alicyclic amines) is 1. The summed E-state index contributed by atoms with van der Waals surface area (Å²) >= 11 is 0. The van der Waals surface area contributed by atoms with E-state index in [4.69, 9.17) is 0 Å². The SMILES string of the molecule is Cn1nnc(CN2CCC(NC(=O)C3CCCCC3)CC2)n1. The minimum Gasteiger partial charge on any atom is -0.353 e. The van der Waals surface area contributed by atoms with E-state index in [1.807, 2.05) is 0 Å². The highest BCUT2D eigenvalue weighted by atomic mass is 16.1. The molecule has 1 N–H and O–H groups in total. The van der Waals surface area contributed by atoms with Crippen LogP contribution in [0, 0.1) is 5.92 Å². The van der Waals surface area contributed by atoms with Crippen LogP contribution in [-0.2, 0) is 18.4 Å². The average Bonchev–Trinajstić information content (AvgIpc) is 2.95. The highest BCUT2D eigenvalue weighted by molar-refractivity contribution is 5.79. The summed E-state index contributed by atoms with van der Waals surface area (Å²) in [5.74, 6) is 1.32. The van der Waals surface area contributed by atoms with Crippen molar-refractivity contribution in [3.63, 3.8) is 0 Å². The zero-order valence-electron chi connectivity index (χ0n) is 13.4. The van der Waals surface area contributed by atoms with Gasteiger partial charge < -0.3 is 5.32 Å². The Labute approximate surface area is 131 Å². The molecule has 22 heavy (non-hydrogen) atoms. The molecule has 2 heterocycles. The van der Waals surface area contributed by atoms with Gasteiger partial charge in [0, 0.05) is 25.0 Å². The van der Waals surface area contributed by atoms with E-state index in [0.717, 1.165) is 51.1 Å². The van der Waals surface area contributed by atoms with Crippen LogP contribution in [-0.4, -0.2) is 50.1 Å². The molecule has 0 bridgehead atoms. The predicted molar refractivity (Wildman–Crippen MR) is 81.8 cm³/mol. The summed E-state index contributed by atoms with van der Waals surface area (Å²) in [6.45, 7) is 2.71. The number of hydrogen-bond donors (Lipinski definition) is 1. The lowest BCUT2D eigenvalue weighted by molar-refractivity contribution is -0.127. The number of hydrogen-bond acceptors (Lipinski definition) is 5. The Kier molecular flexibility index (Phi) is 5.02. The fourth-order valence-corrected chi connectivity index (χ4v) is 3.51. The molecule has 0 unspecified atom stereocenters. The van der Waals surface area contributed by atoms with Gasteiger partial charge in [-0.1, -0.05) is 19.3 Å². The van der Waals surface area contributed by atoms with Gasteiger partial charge in [-0.05, 0) is 30.9 Å². The van der Waals surface area contributed by atoms with E-state index in [2.05, 4.69) is 25.6 Å². The summed E-state index contributed by atoms with van der Waals surface area (Å²) < 4.78 is 0. The Morgan fingerprint density at radius 3 is 2.55 bits per heavy atom. The van der Waals surface area contributed by atoms with Crippen LogP contribution in [0.2, 0.25) is 0 Å². The maximum Gasteiger partial charge on any atom is 0.223 e. The van der Waals surface area contributed by atoms with Crippen LogP contribution in [0.5, 0.6) is 0 Å². The van der Waals surface area contributed by atoms with Gasteiger partial charge in [-0.15, -0.1) is 10.2 Å². The van der Waals surface area contributed by atoms with E-state index in [9.17, 15) is 4.79 Å². The summed E-state index contributed by atoms with van der Waals surface area (Å²) in [5.41, 5.74) is 0. The minimum absolute atomic E-state index is 0.260.